The van der Waals surface area contributed by atoms with Crippen molar-refractivity contribution in [3.05, 3.63) is 47.3 Å². The predicted molar refractivity (Wildman–Crippen MR) is 156 cm³/mol. The van der Waals surface area contributed by atoms with E-state index in [-0.39, 0.29) is 58.3 Å². The fourth-order valence-corrected chi connectivity index (χ4v) is 7.14. The van der Waals surface area contributed by atoms with Gasteiger partial charge in [-0.2, -0.15) is 0 Å². The van der Waals surface area contributed by atoms with Crippen LogP contribution in [0.5, 0.6) is 11.5 Å². The fraction of sp³-hybridized carbons (Fsp3) is 0.516. The fourth-order valence-electron chi connectivity index (χ4n) is 6.85. The predicted octanol–water partition coefficient (Wildman–Crippen LogP) is 4.37. The molecule has 11 heteroatoms. The van der Waals surface area contributed by atoms with Gasteiger partial charge in [-0.25, -0.2) is 9.37 Å². The minimum Gasteiger partial charge on any atom is -0.507 e. The molecule has 3 fully saturated rings. The van der Waals surface area contributed by atoms with Gasteiger partial charge in [0.05, 0.1) is 24.8 Å². The number of hydrogen-bond acceptors (Lipinski definition) is 7. The molecule has 1 N–H and O–H groups in total. The lowest BCUT2D eigenvalue weighted by atomic mass is 9.79. The summed E-state index contributed by atoms with van der Waals surface area (Å²) in [7, 11) is 0. The van der Waals surface area contributed by atoms with Crippen molar-refractivity contribution >= 4 is 29.2 Å². The van der Waals surface area contributed by atoms with E-state index in [1.807, 2.05) is 0 Å². The Labute approximate surface area is 249 Å². The van der Waals surface area contributed by atoms with Gasteiger partial charge in [-0.15, -0.1) is 0 Å². The van der Waals surface area contributed by atoms with Crippen LogP contribution in [-0.4, -0.2) is 89.3 Å². The summed E-state index contributed by atoms with van der Waals surface area (Å²) in [6.07, 6.45) is 2.13. The van der Waals surface area contributed by atoms with Gasteiger partial charge in [-0.05, 0) is 50.3 Å². The number of aromatic hydroxyl groups is 1. The number of pyridine rings is 1. The molecule has 0 aliphatic carbocycles. The van der Waals surface area contributed by atoms with E-state index in [9.17, 15) is 14.7 Å². The number of anilines is 1. The molecule has 4 aliphatic rings. The number of benzene rings is 1. The molecule has 3 atom stereocenters. The van der Waals surface area contributed by atoms with E-state index in [0.29, 0.717) is 43.2 Å². The quantitative estimate of drug-likeness (QED) is 0.511. The highest BCUT2D eigenvalue weighted by Crippen LogP contribution is 2.49. The standard InChI is InChI=1S/C31H36ClFN4O5/c1-5-23(39)35-9-10-36-20(13-35)16-42-28-25(30(36)40)29(34-27(26(28)32)24-21(33)7-6-8-22(24)38)37-12-18(11-31(37,3)4)17(2)19-14-41-15-19/h5-8,17-20,38H,1,9-16H2,2-4H3/t17?,18?,20-/m1/s1. The third kappa shape index (κ3) is 4.68. The largest absolute Gasteiger partial charge is 0.507 e. The smallest absolute Gasteiger partial charge is 0.261 e. The van der Waals surface area contributed by atoms with E-state index >= 15 is 4.39 Å². The van der Waals surface area contributed by atoms with E-state index in [1.54, 1.807) is 9.80 Å². The lowest BCUT2D eigenvalue weighted by molar-refractivity contribution is -0.128. The lowest BCUT2D eigenvalue weighted by Crippen LogP contribution is -2.57. The highest BCUT2D eigenvalue weighted by molar-refractivity contribution is 6.35. The Hall–Kier alpha value is -3.37. The molecule has 0 radical (unpaired) electrons. The zero-order valence-corrected chi connectivity index (χ0v) is 24.9. The minimum absolute atomic E-state index is 0.0110. The molecule has 2 aromatic rings. The van der Waals surface area contributed by atoms with Crippen LogP contribution in [0.4, 0.5) is 10.2 Å². The number of hydrogen-bond donors (Lipinski definition) is 1. The van der Waals surface area contributed by atoms with Gasteiger partial charge >= 0.3 is 0 Å². The molecule has 1 aromatic heterocycles. The van der Waals surface area contributed by atoms with Crippen LogP contribution in [0.2, 0.25) is 5.02 Å². The Morgan fingerprint density at radius 3 is 2.64 bits per heavy atom. The van der Waals surface area contributed by atoms with E-state index in [0.717, 1.165) is 19.6 Å². The third-order valence-corrected chi connectivity index (χ3v) is 9.83. The zero-order chi connectivity index (χ0) is 29.9. The van der Waals surface area contributed by atoms with Gasteiger partial charge in [0.15, 0.2) is 5.75 Å². The summed E-state index contributed by atoms with van der Waals surface area (Å²) in [5.41, 5.74) is -0.315. The number of amides is 2. The van der Waals surface area contributed by atoms with Crippen LogP contribution < -0.4 is 9.64 Å². The molecule has 42 heavy (non-hydrogen) atoms. The van der Waals surface area contributed by atoms with E-state index in [4.69, 9.17) is 26.1 Å². The first-order valence-corrected chi connectivity index (χ1v) is 14.8. The molecule has 2 unspecified atom stereocenters. The van der Waals surface area contributed by atoms with E-state index < -0.39 is 17.4 Å². The molecule has 4 aliphatic heterocycles. The third-order valence-electron chi connectivity index (χ3n) is 9.48. The van der Waals surface area contributed by atoms with Crippen molar-refractivity contribution < 1.29 is 28.6 Å². The maximum absolute atomic E-state index is 15.2. The summed E-state index contributed by atoms with van der Waals surface area (Å²) in [5.74, 6) is 0.140. The number of aromatic nitrogens is 1. The van der Waals surface area contributed by atoms with Crippen LogP contribution >= 0.6 is 11.6 Å². The molecule has 1 aromatic carbocycles. The zero-order valence-electron chi connectivity index (χ0n) is 24.1. The SMILES string of the molecule is C=CC(=O)N1CCN2C(=O)c3c(N4CC(C(C)C5COC5)CC4(C)C)nc(-c4c(O)cccc4F)c(Cl)c3OC[C@H]2C1. The lowest BCUT2D eigenvalue weighted by Gasteiger charge is -2.40. The van der Waals surface area contributed by atoms with Crippen LogP contribution in [0, 0.1) is 23.6 Å². The Balaban J connectivity index is 1.49. The Morgan fingerprint density at radius 2 is 1.98 bits per heavy atom. The normalized spacial score (nSPS) is 24.3. The Kier molecular flexibility index (Phi) is 7.33. The van der Waals surface area contributed by atoms with E-state index in [2.05, 4.69) is 32.3 Å². The first-order valence-electron chi connectivity index (χ1n) is 14.4. The van der Waals surface area contributed by atoms with Crippen LogP contribution in [-0.2, 0) is 9.53 Å². The van der Waals surface area contributed by atoms with Gasteiger partial charge in [0, 0.05) is 37.6 Å². The molecule has 2 amide bonds. The number of carbonyl (C=O) groups is 2. The number of halogens is 2. The first kappa shape index (κ1) is 28.7. The van der Waals surface area contributed by atoms with Crippen LogP contribution in [0.15, 0.2) is 30.9 Å². The maximum atomic E-state index is 15.2. The Morgan fingerprint density at radius 1 is 1.21 bits per heavy atom. The second-order valence-corrected chi connectivity index (χ2v) is 12.8. The van der Waals surface area contributed by atoms with Crippen molar-refractivity contribution in [2.75, 3.05) is 50.9 Å². The number of nitrogens with zero attached hydrogens (tertiary/aromatic N) is 4. The molecule has 3 saturated heterocycles. The summed E-state index contributed by atoms with van der Waals surface area (Å²) in [4.78, 5) is 37.1. The average molecular weight is 599 g/mol. The topological polar surface area (TPSA) is 95.4 Å². The van der Waals surface area contributed by atoms with Crippen molar-refractivity contribution in [2.24, 2.45) is 17.8 Å². The van der Waals surface area contributed by atoms with Gasteiger partial charge in [-0.3, -0.25) is 9.59 Å². The summed E-state index contributed by atoms with van der Waals surface area (Å²) >= 11 is 6.89. The highest BCUT2D eigenvalue weighted by Gasteiger charge is 2.47. The molecular formula is C31H36ClFN4O5. The van der Waals surface area contributed by atoms with Gasteiger partial charge < -0.3 is 29.3 Å². The number of piperazine rings is 1. The second kappa shape index (κ2) is 10.7. The van der Waals surface area contributed by atoms with Gasteiger partial charge in [-0.1, -0.05) is 31.2 Å². The van der Waals surface area contributed by atoms with Gasteiger partial charge in [0.1, 0.15) is 40.3 Å². The summed E-state index contributed by atoms with van der Waals surface area (Å²) < 4.78 is 27.0. The molecule has 5 heterocycles. The van der Waals surface area contributed by atoms with Crippen LogP contribution in [0.25, 0.3) is 11.3 Å². The number of fused-ring (bicyclic) bond motifs is 2. The number of rotatable bonds is 5. The highest BCUT2D eigenvalue weighted by atomic mass is 35.5. The summed E-state index contributed by atoms with van der Waals surface area (Å²) in [6, 6.07) is 3.58. The first-order chi connectivity index (χ1) is 20.0. The van der Waals surface area contributed by atoms with Crippen LogP contribution in [0.1, 0.15) is 37.6 Å². The monoisotopic (exact) mass is 598 g/mol. The Bertz CT molecular complexity index is 1430. The minimum atomic E-state index is -0.691. The molecule has 224 valence electrons. The number of carbonyl (C=O) groups excluding carboxylic acids is 2. The molecule has 9 nitrogen and oxygen atoms in total. The maximum Gasteiger partial charge on any atom is 0.261 e. The van der Waals surface area contributed by atoms with Crippen molar-refractivity contribution in [1.82, 2.24) is 14.8 Å². The van der Waals surface area contributed by atoms with Crippen LogP contribution in [0.3, 0.4) is 0 Å². The second-order valence-electron chi connectivity index (χ2n) is 12.4. The summed E-state index contributed by atoms with van der Waals surface area (Å²) in [5, 5.41) is 10.7. The van der Waals surface area contributed by atoms with Crippen molar-refractivity contribution in [3.63, 3.8) is 0 Å². The summed E-state index contributed by atoms with van der Waals surface area (Å²) in [6.45, 7) is 13.2. The van der Waals surface area contributed by atoms with Crippen molar-refractivity contribution in [3.8, 4) is 22.8 Å². The number of ether oxygens (including phenoxy) is 2. The van der Waals surface area contributed by atoms with Crippen molar-refractivity contribution in [2.45, 2.75) is 38.8 Å². The van der Waals surface area contributed by atoms with Crippen molar-refractivity contribution in [1.29, 1.82) is 0 Å². The number of phenolic OH excluding ortho intramolecular Hbond substituents is 1. The molecule has 6 rings (SSSR count). The number of phenols is 1. The molecule has 0 spiro atoms. The van der Waals surface area contributed by atoms with E-state index in [1.165, 1.54) is 24.3 Å². The van der Waals surface area contributed by atoms with Gasteiger partial charge in [0.25, 0.3) is 5.91 Å². The molecule has 0 bridgehead atoms. The molecular weight excluding hydrogens is 563 g/mol. The van der Waals surface area contributed by atoms with Gasteiger partial charge in [0.2, 0.25) is 5.91 Å². The average Bonchev–Trinajstić information content (AvgIpc) is 3.17. The molecule has 0 saturated carbocycles.